The molecule has 0 N–H and O–H groups in total. The van der Waals surface area contributed by atoms with Crippen molar-refractivity contribution in [1.29, 1.82) is 0 Å². The SMILES string of the molecule is CC[Si](CC)(CC)CC1C=CC=CC=C1. The lowest BCUT2D eigenvalue weighted by Gasteiger charge is -2.30. The standard InChI is InChI=1S/C14H24Si/c1-4-15(5-2,6-3)13-14-11-9-7-8-10-12-14/h7-12,14H,4-6,13H2,1-3H3. The quantitative estimate of drug-likeness (QED) is 0.584. The van der Waals surface area contributed by atoms with Gasteiger partial charge in [-0.05, 0) is 12.0 Å². The fourth-order valence-corrected chi connectivity index (χ4v) is 6.06. The Morgan fingerprint density at radius 3 is 1.67 bits per heavy atom. The van der Waals surface area contributed by atoms with Crippen LogP contribution in [-0.2, 0) is 0 Å². The predicted octanol–water partition coefficient (Wildman–Crippen LogP) is 4.79. The van der Waals surface area contributed by atoms with Gasteiger partial charge in [-0.25, -0.2) is 0 Å². The van der Waals surface area contributed by atoms with Gasteiger partial charge >= 0.3 is 0 Å². The molecule has 0 spiro atoms. The minimum Gasteiger partial charge on any atom is -0.0779 e. The summed E-state index contributed by atoms with van der Waals surface area (Å²) in [5, 5.41) is 0. The second-order valence-electron chi connectivity index (χ2n) is 4.58. The molecule has 1 aliphatic rings. The van der Waals surface area contributed by atoms with E-state index in [1.54, 1.807) is 0 Å². The van der Waals surface area contributed by atoms with E-state index in [0.717, 1.165) is 0 Å². The Morgan fingerprint density at radius 1 is 0.800 bits per heavy atom. The molecule has 0 fully saturated rings. The van der Waals surface area contributed by atoms with Gasteiger partial charge in [0.1, 0.15) is 0 Å². The molecular formula is C14H24Si. The summed E-state index contributed by atoms with van der Waals surface area (Å²) in [5.74, 6) is 0.687. The first-order valence-electron chi connectivity index (χ1n) is 6.28. The molecule has 0 amide bonds. The summed E-state index contributed by atoms with van der Waals surface area (Å²) >= 11 is 0. The Kier molecular flexibility index (Phi) is 5.10. The molecular weight excluding hydrogens is 196 g/mol. The molecule has 0 aromatic rings. The maximum Gasteiger partial charge on any atom is 0.0536 e. The van der Waals surface area contributed by atoms with Gasteiger partial charge in [-0.15, -0.1) is 0 Å². The highest BCUT2D eigenvalue weighted by molar-refractivity contribution is 6.79. The third kappa shape index (κ3) is 3.49. The third-order valence-electron chi connectivity index (χ3n) is 3.97. The van der Waals surface area contributed by atoms with E-state index >= 15 is 0 Å². The van der Waals surface area contributed by atoms with E-state index in [1.165, 1.54) is 24.2 Å². The van der Waals surface area contributed by atoms with E-state index in [-0.39, 0.29) is 0 Å². The van der Waals surface area contributed by atoms with Crippen LogP contribution in [-0.4, -0.2) is 8.07 Å². The highest BCUT2D eigenvalue weighted by atomic mass is 28.3. The highest BCUT2D eigenvalue weighted by Crippen LogP contribution is 2.30. The third-order valence-corrected chi connectivity index (χ3v) is 9.81. The Bertz CT molecular complexity index is 232. The largest absolute Gasteiger partial charge is 0.0779 e. The van der Waals surface area contributed by atoms with Crippen LogP contribution in [0.5, 0.6) is 0 Å². The van der Waals surface area contributed by atoms with Crippen LogP contribution in [0.3, 0.4) is 0 Å². The molecule has 0 heterocycles. The molecule has 0 nitrogen and oxygen atoms in total. The zero-order valence-electron chi connectivity index (χ0n) is 10.4. The Labute approximate surface area is 95.8 Å². The van der Waals surface area contributed by atoms with Gasteiger partial charge in [0, 0.05) is 0 Å². The first-order chi connectivity index (χ1) is 7.26. The molecule has 1 rings (SSSR count). The zero-order valence-corrected chi connectivity index (χ0v) is 11.4. The molecule has 0 radical (unpaired) electrons. The van der Waals surface area contributed by atoms with Crippen LogP contribution in [0.4, 0.5) is 0 Å². The van der Waals surface area contributed by atoms with Gasteiger partial charge in [0.2, 0.25) is 0 Å². The highest BCUT2D eigenvalue weighted by Gasteiger charge is 2.28. The molecule has 84 valence electrons. The number of hydrogen-bond donors (Lipinski definition) is 0. The van der Waals surface area contributed by atoms with Crippen molar-refractivity contribution >= 4 is 8.07 Å². The molecule has 0 aromatic carbocycles. The number of allylic oxidation sites excluding steroid dienone is 6. The van der Waals surface area contributed by atoms with Crippen LogP contribution >= 0.6 is 0 Å². The van der Waals surface area contributed by atoms with E-state index in [4.69, 9.17) is 0 Å². The maximum absolute atomic E-state index is 2.39. The Balaban J connectivity index is 2.65. The van der Waals surface area contributed by atoms with Crippen LogP contribution in [0, 0.1) is 5.92 Å². The van der Waals surface area contributed by atoms with E-state index in [2.05, 4.69) is 57.2 Å². The van der Waals surface area contributed by atoms with Crippen LogP contribution < -0.4 is 0 Å². The van der Waals surface area contributed by atoms with Gasteiger partial charge in [0.15, 0.2) is 0 Å². The summed E-state index contributed by atoms with van der Waals surface area (Å²) in [6.45, 7) is 7.17. The molecule has 0 atom stereocenters. The molecule has 15 heavy (non-hydrogen) atoms. The van der Waals surface area contributed by atoms with Crippen LogP contribution in [0.2, 0.25) is 24.2 Å². The molecule has 1 heteroatoms. The zero-order chi connectivity index (χ0) is 11.1. The van der Waals surface area contributed by atoms with Crippen LogP contribution in [0.1, 0.15) is 20.8 Å². The smallest absolute Gasteiger partial charge is 0.0536 e. The summed E-state index contributed by atoms with van der Waals surface area (Å²) in [4.78, 5) is 0. The van der Waals surface area contributed by atoms with Gasteiger partial charge in [-0.2, -0.15) is 0 Å². The topological polar surface area (TPSA) is 0 Å². The van der Waals surface area contributed by atoms with Crippen LogP contribution in [0.25, 0.3) is 0 Å². The van der Waals surface area contributed by atoms with Crippen LogP contribution in [0.15, 0.2) is 36.5 Å². The summed E-state index contributed by atoms with van der Waals surface area (Å²) in [5.41, 5.74) is 0. The van der Waals surface area contributed by atoms with Crippen molar-refractivity contribution in [1.82, 2.24) is 0 Å². The second kappa shape index (κ2) is 6.11. The Hall–Kier alpha value is -0.563. The van der Waals surface area contributed by atoms with Crippen molar-refractivity contribution in [3.05, 3.63) is 36.5 Å². The van der Waals surface area contributed by atoms with Crippen molar-refractivity contribution in [2.75, 3.05) is 0 Å². The molecule has 0 saturated heterocycles. The minimum atomic E-state index is -0.957. The summed E-state index contributed by atoms with van der Waals surface area (Å²) < 4.78 is 0. The minimum absolute atomic E-state index is 0.687. The van der Waals surface area contributed by atoms with Crippen molar-refractivity contribution in [3.8, 4) is 0 Å². The van der Waals surface area contributed by atoms with Gasteiger partial charge in [0.25, 0.3) is 0 Å². The number of hydrogen-bond acceptors (Lipinski definition) is 0. The first kappa shape index (κ1) is 12.5. The molecule has 0 aromatic heterocycles. The van der Waals surface area contributed by atoms with Gasteiger partial charge in [-0.3, -0.25) is 0 Å². The number of rotatable bonds is 5. The van der Waals surface area contributed by atoms with Crippen molar-refractivity contribution in [3.63, 3.8) is 0 Å². The van der Waals surface area contributed by atoms with Gasteiger partial charge in [0.05, 0.1) is 8.07 Å². The second-order valence-corrected chi connectivity index (χ2v) is 10.1. The Morgan fingerprint density at radius 2 is 1.27 bits per heavy atom. The van der Waals surface area contributed by atoms with Crippen molar-refractivity contribution in [2.24, 2.45) is 5.92 Å². The monoisotopic (exact) mass is 220 g/mol. The van der Waals surface area contributed by atoms with Gasteiger partial charge in [-0.1, -0.05) is 75.4 Å². The molecule has 0 aliphatic heterocycles. The molecule has 0 unspecified atom stereocenters. The summed E-state index contributed by atoms with van der Waals surface area (Å²) in [7, 11) is -0.957. The van der Waals surface area contributed by atoms with Gasteiger partial charge < -0.3 is 0 Å². The van der Waals surface area contributed by atoms with E-state index in [9.17, 15) is 0 Å². The van der Waals surface area contributed by atoms with Crippen molar-refractivity contribution < 1.29 is 0 Å². The molecule has 0 bridgehead atoms. The predicted molar refractivity (Wildman–Crippen MR) is 72.9 cm³/mol. The lowest BCUT2D eigenvalue weighted by molar-refractivity contribution is 0.884. The summed E-state index contributed by atoms with van der Waals surface area (Å²) in [6.07, 6.45) is 13.4. The maximum atomic E-state index is 2.39. The summed E-state index contributed by atoms with van der Waals surface area (Å²) in [6, 6.07) is 5.74. The molecule has 1 aliphatic carbocycles. The fraction of sp³-hybridized carbons (Fsp3) is 0.571. The fourth-order valence-electron chi connectivity index (χ4n) is 2.43. The first-order valence-corrected chi connectivity index (χ1v) is 9.11. The lowest BCUT2D eigenvalue weighted by atomic mass is 10.1. The average Bonchev–Trinajstić information content (AvgIpc) is 2.54. The normalized spacial score (nSPS) is 17.0. The van der Waals surface area contributed by atoms with E-state index in [0.29, 0.717) is 5.92 Å². The molecule has 0 saturated carbocycles. The van der Waals surface area contributed by atoms with E-state index < -0.39 is 8.07 Å². The van der Waals surface area contributed by atoms with E-state index in [1.807, 2.05) is 0 Å². The average molecular weight is 220 g/mol. The van der Waals surface area contributed by atoms with Crippen molar-refractivity contribution in [2.45, 2.75) is 44.9 Å². The lowest BCUT2D eigenvalue weighted by Crippen LogP contribution is -2.33.